The minimum Gasteiger partial charge on any atom is -0.350 e. The second-order valence-electron chi connectivity index (χ2n) is 7.60. The monoisotopic (exact) mass is 297 g/mol. The highest BCUT2D eigenvalue weighted by atomic mass is 16.7. The summed E-state index contributed by atoms with van der Waals surface area (Å²) in [5.41, 5.74) is -1.58. The van der Waals surface area contributed by atoms with E-state index in [1.807, 2.05) is 34.6 Å². The maximum atomic E-state index is 12.2. The van der Waals surface area contributed by atoms with E-state index in [-0.39, 0.29) is 23.5 Å². The largest absolute Gasteiger partial charge is 0.350 e. The summed E-state index contributed by atoms with van der Waals surface area (Å²) in [7, 11) is 0. The summed E-state index contributed by atoms with van der Waals surface area (Å²) in [6.07, 6.45) is 1.92. The van der Waals surface area contributed by atoms with Gasteiger partial charge >= 0.3 is 0 Å². The first kappa shape index (κ1) is 19.9. The zero-order chi connectivity index (χ0) is 16.9. The van der Waals surface area contributed by atoms with Crippen molar-refractivity contribution in [3.8, 4) is 6.07 Å². The molecule has 0 aromatic carbocycles. The van der Waals surface area contributed by atoms with Crippen molar-refractivity contribution in [3.63, 3.8) is 0 Å². The number of rotatable bonds is 7. The quantitative estimate of drug-likeness (QED) is 0.734. The van der Waals surface area contributed by atoms with Gasteiger partial charge in [-0.25, -0.2) is 0 Å². The van der Waals surface area contributed by atoms with E-state index in [0.29, 0.717) is 0 Å². The summed E-state index contributed by atoms with van der Waals surface area (Å²) in [4.78, 5) is 18.0. The van der Waals surface area contributed by atoms with E-state index in [0.717, 1.165) is 12.8 Å². The molecular weight excluding hydrogens is 266 g/mol. The molecule has 0 aromatic rings. The molecule has 5 nitrogen and oxygen atoms in total. The number of hydrogen-bond acceptors (Lipinski definition) is 4. The Hall–Kier alpha value is -1.12. The van der Waals surface area contributed by atoms with E-state index >= 15 is 0 Å². The van der Waals surface area contributed by atoms with Crippen LogP contribution < -0.4 is 5.32 Å². The lowest BCUT2D eigenvalue weighted by Gasteiger charge is -2.38. The van der Waals surface area contributed by atoms with Crippen LogP contribution in [0.5, 0.6) is 0 Å². The van der Waals surface area contributed by atoms with Crippen molar-refractivity contribution >= 4 is 5.91 Å². The number of amides is 1. The fourth-order valence-electron chi connectivity index (χ4n) is 1.94. The molecule has 0 spiro atoms. The van der Waals surface area contributed by atoms with Crippen LogP contribution in [0.25, 0.3) is 0 Å². The molecule has 0 unspecified atom stereocenters. The second-order valence-corrected chi connectivity index (χ2v) is 7.60. The molecule has 0 saturated carbocycles. The first-order valence-corrected chi connectivity index (χ1v) is 7.52. The predicted molar refractivity (Wildman–Crippen MR) is 84.4 cm³/mol. The van der Waals surface area contributed by atoms with Crippen LogP contribution in [-0.4, -0.2) is 34.2 Å². The van der Waals surface area contributed by atoms with Crippen LogP contribution in [0.1, 0.15) is 68.2 Å². The summed E-state index contributed by atoms with van der Waals surface area (Å²) in [5, 5.41) is 13.7. The molecular formula is C16H31N3O2. The first-order valence-electron chi connectivity index (χ1n) is 7.52. The van der Waals surface area contributed by atoms with E-state index in [1.54, 1.807) is 18.9 Å². The Labute approximate surface area is 129 Å². The van der Waals surface area contributed by atoms with Crippen molar-refractivity contribution in [1.29, 1.82) is 5.26 Å². The number of carbonyl (C=O) groups excluding carboxylic acids is 1. The molecule has 0 bridgehead atoms. The smallest absolute Gasteiger partial charge is 0.237 e. The van der Waals surface area contributed by atoms with Crippen molar-refractivity contribution in [2.24, 2.45) is 0 Å². The van der Waals surface area contributed by atoms with Crippen molar-refractivity contribution < 1.29 is 9.63 Å². The molecule has 5 heteroatoms. The Balaban J connectivity index is 4.85. The molecule has 0 saturated heterocycles. The van der Waals surface area contributed by atoms with Gasteiger partial charge < -0.3 is 5.32 Å². The van der Waals surface area contributed by atoms with Crippen LogP contribution in [-0.2, 0) is 9.63 Å². The van der Waals surface area contributed by atoms with Crippen molar-refractivity contribution in [3.05, 3.63) is 0 Å². The van der Waals surface area contributed by atoms with Gasteiger partial charge in [0, 0.05) is 11.1 Å². The molecule has 0 aliphatic rings. The van der Waals surface area contributed by atoms with Crippen molar-refractivity contribution in [1.82, 2.24) is 10.4 Å². The maximum Gasteiger partial charge on any atom is 0.237 e. The zero-order valence-corrected chi connectivity index (χ0v) is 14.8. The predicted octanol–water partition coefficient (Wildman–Crippen LogP) is 3.02. The minimum absolute atomic E-state index is 0.0990. The Morgan fingerprint density at radius 3 is 2.10 bits per heavy atom. The van der Waals surface area contributed by atoms with Gasteiger partial charge in [0.05, 0.1) is 6.07 Å². The van der Waals surface area contributed by atoms with Gasteiger partial charge in [0.2, 0.25) is 5.91 Å². The molecule has 0 atom stereocenters. The highest BCUT2D eigenvalue weighted by molar-refractivity contribution is 5.78. The van der Waals surface area contributed by atoms with E-state index in [1.165, 1.54) is 0 Å². The zero-order valence-electron chi connectivity index (χ0n) is 14.8. The molecule has 0 aliphatic heterocycles. The second kappa shape index (κ2) is 7.24. The lowest BCUT2D eigenvalue weighted by Crippen LogP contribution is -2.53. The number of nitrogens with one attached hydrogen (secondary N) is 1. The minimum atomic E-state index is -0.966. The normalized spacial score (nSPS) is 13.1. The maximum absolute atomic E-state index is 12.2. The molecule has 0 fully saturated rings. The van der Waals surface area contributed by atoms with Gasteiger partial charge in [-0.1, -0.05) is 13.3 Å². The highest BCUT2D eigenvalue weighted by Gasteiger charge is 2.32. The molecule has 0 aromatic heterocycles. The summed E-state index contributed by atoms with van der Waals surface area (Å²) >= 11 is 0. The van der Waals surface area contributed by atoms with E-state index < -0.39 is 5.60 Å². The van der Waals surface area contributed by atoms with Gasteiger partial charge in [-0.2, -0.15) is 10.3 Å². The Kier molecular flexibility index (Phi) is 6.85. The van der Waals surface area contributed by atoms with Gasteiger partial charge in [0.1, 0.15) is 6.54 Å². The Morgan fingerprint density at radius 1 is 1.19 bits per heavy atom. The molecule has 0 radical (unpaired) electrons. The molecule has 1 N–H and O–H groups in total. The first-order chi connectivity index (χ1) is 9.33. The van der Waals surface area contributed by atoms with Crippen LogP contribution >= 0.6 is 0 Å². The van der Waals surface area contributed by atoms with Gasteiger partial charge in [0.15, 0.2) is 5.60 Å². The topological polar surface area (TPSA) is 65.4 Å². The third kappa shape index (κ3) is 8.03. The molecule has 122 valence electrons. The average molecular weight is 297 g/mol. The fraction of sp³-hybridized carbons (Fsp3) is 0.875. The molecule has 1 amide bonds. The number of hydrogen-bond donors (Lipinski definition) is 1. The molecule has 0 rings (SSSR count). The standard InChI is InChI=1S/C16H31N3O2/c1-9-10-15(5,6)18-13(20)11-19(14(2,3)4)21-16(7,8)12-17/h9-11H2,1-8H3,(H,18,20). The Morgan fingerprint density at radius 2 is 1.71 bits per heavy atom. The fourth-order valence-corrected chi connectivity index (χ4v) is 1.94. The SMILES string of the molecule is CCCC(C)(C)NC(=O)CN(OC(C)(C)C#N)C(C)(C)C. The lowest BCUT2D eigenvalue weighted by molar-refractivity contribution is -0.253. The van der Waals surface area contributed by atoms with Gasteiger partial charge in [-0.05, 0) is 54.9 Å². The van der Waals surface area contributed by atoms with E-state index in [9.17, 15) is 4.79 Å². The average Bonchev–Trinajstić information content (AvgIpc) is 2.25. The van der Waals surface area contributed by atoms with Crippen LogP contribution in [0.3, 0.4) is 0 Å². The number of hydroxylamine groups is 2. The van der Waals surface area contributed by atoms with Crippen molar-refractivity contribution in [2.45, 2.75) is 84.9 Å². The number of nitriles is 1. The third-order valence-electron chi connectivity index (χ3n) is 3.00. The van der Waals surface area contributed by atoms with Crippen LogP contribution in [0.15, 0.2) is 0 Å². The summed E-state index contributed by atoms with van der Waals surface area (Å²) in [5.74, 6) is -0.0999. The van der Waals surface area contributed by atoms with E-state index in [4.69, 9.17) is 10.1 Å². The summed E-state index contributed by atoms with van der Waals surface area (Å²) < 4.78 is 0. The van der Waals surface area contributed by atoms with Gasteiger partial charge in [-0.3, -0.25) is 9.63 Å². The van der Waals surface area contributed by atoms with Gasteiger partial charge in [-0.15, -0.1) is 0 Å². The Bertz CT molecular complexity index is 389. The van der Waals surface area contributed by atoms with E-state index in [2.05, 4.69) is 18.3 Å². The highest BCUT2D eigenvalue weighted by Crippen LogP contribution is 2.20. The van der Waals surface area contributed by atoms with Crippen LogP contribution in [0, 0.1) is 11.3 Å². The third-order valence-corrected chi connectivity index (χ3v) is 3.00. The number of nitrogens with zero attached hydrogens (tertiary/aromatic N) is 2. The summed E-state index contributed by atoms with van der Waals surface area (Å²) in [6.45, 7) is 15.4. The van der Waals surface area contributed by atoms with Crippen LogP contribution in [0.2, 0.25) is 0 Å². The molecule has 0 aliphatic carbocycles. The van der Waals surface area contributed by atoms with Crippen LogP contribution in [0.4, 0.5) is 0 Å². The lowest BCUT2D eigenvalue weighted by atomic mass is 9.99. The van der Waals surface area contributed by atoms with Gasteiger partial charge in [0.25, 0.3) is 0 Å². The number of carbonyl (C=O) groups is 1. The summed E-state index contributed by atoms with van der Waals surface area (Å²) in [6, 6.07) is 2.09. The molecule has 0 heterocycles. The van der Waals surface area contributed by atoms with Crippen molar-refractivity contribution in [2.75, 3.05) is 6.54 Å². The molecule has 21 heavy (non-hydrogen) atoms.